The summed E-state index contributed by atoms with van der Waals surface area (Å²) in [6, 6.07) is 12.5. The largest absolute Gasteiger partial charge is 0.411 e. The van der Waals surface area contributed by atoms with Crippen LogP contribution in [0.4, 0.5) is 13.2 Å². The lowest BCUT2D eigenvalue weighted by Crippen LogP contribution is -2.41. The molecule has 0 spiro atoms. The van der Waals surface area contributed by atoms with Crippen molar-refractivity contribution in [2.75, 3.05) is 32.9 Å². The third-order valence-corrected chi connectivity index (χ3v) is 6.69. The van der Waals surface area contributed by atoms with Crippen LogP contribution >= 0.6 is 0 Å². The van der Waals surface area contributed by atoms with Crippen LogP contribution in [0.25, 0.3) is 0 Å². The molecule has 1 fully saturated rings. The molecule has 0 unspecified atom stereocenters. The monoisotopic (exact) mass is 472 g/mol. The van der Waals surface area contributed by atoms with Crippen LogP contribution in [-0.2, 0) is 32.6 Å². The van der Waals surface area contributed by atoms with Gasteiger partial charge in [-0.2, -0.15) is 17.5 Å². The van der Waals surface area contributed by atoms with Crippen LogP contribution in [0.3, 0.4) is 0 Å². The first-order valence-corrected chi connectivity index (χ1v) is 11.3. The summed E-state index contributed by atoms with van der Waals surface area (Å²) in [4.78, 5) is 12.7. The number of carbonyl (C=O) groups is 1. The molecule has 0 saturated carbocycles. The minimum atomic E-state index is -4.38. The average molecular weight is 472 g/mol. The van der Waals surface area contributed by atoms with Crippen molar-refractivity contribution >= 4 is 15.9 Å². The summed E-state index contributed by atoms with van der Waals surface area (Å²) < 4.78 is 73.5. The Kier molecular flexibility index (Phi) is 7.88. The van der Waals surface area contributed by atoms with E-state index in [0.717, 1.165) is 0 Å². The summed E-state index contributed by atoms with van der Waals surface area (Å²) in [7, 11) is -3.85. The van der Waals surface area contributed by atoms with Gasteiger partial charge in [0, 0.05) is 19.6 Å². The molecule has 1 amide bonds. The lowest BCUT2D eigenvalue weighted by molar-refractivity contribution is -0.176. The highest BCUT2D eigenvalue weighted by Crippen LogP contribution is 2.21. The van der Waals surface area contributed by atoms with Crippen LogP contribution in [0.15, 0.2) is 53.4 Å². The molecule has 7 nitrogen and oxygen atoms in total. The maximum Gasteiger partial charge on any atom is 0.411 e. The standard InChI is InChI=1S/C21H23F3N2O5S/c22-21(23,24)15-31-14-17-7-5-16(6-8-17)13-25-20(27)18-3-1-2-4-19(18)32(28,29)26-9-11-30-12-10-26/h1-8H,9-15H2,(H,25,27). The van der Waals surface area contributed by atoms with Gasteiger partial charge in [0.1, 0.15) is 6.61 Å². The zero-order valence-corrected chi connectivity index (χ0v) is 17.9. The first-order chi connectivity index (χ1) is 15.2. The number of hydrogen-bond donors (Lipinski definition) is 1. The molecule has 1 aliphatic heterocycles. The van der Waals surface area contributed by atoms with Crippen molar-refractivity contribution in [1.29, 1.82) is 0 Å². The van der Waals surface area contributed by atoms with Crippen molar-refractivity contribution in [2.24, 2.45) is 0 Å². The Hall–Kier alpha value is -2.47. The van der Waals surface area contributed by atoms with Crippen LogP contribution in [0.5, 0.6) is 0 Å². The first kappa shape index (κ1) is 24.2. The van der Waals surface area contributed by atoms with Crippen molar-refractivity contribution in [3.8, 4) is 0 Å². The summed E-state index contributed by atoms with van der Waals surface area (Å²) in [6.45, 7) is -0.352. The second kappa shape index (κ2) is 10.4. The van der Waals surface area contributed by atoms with Gasteiger partial charge < -0.3 is 14.8 Å². The molecular weight excluding hydrogens is 449 g/mol. The molecule has 0 aliphatic carbocycles. The molecule has 0 atom stereocenters. The number of nitrogens with one attached hydrogen (secondary N) is 1. The summed E-state index contributed by atoms with van der Waals surface area (Å²) >= 11 is 0. The van der Waals surface area contributed by atoms with Crippen molar-refractivity contribution in [1.82, 2.24) is 9.62 Å². The molecule has 1 N–H and O–H groups in total. The van der Waals surface area contributed by atoms with Gasteiger partial charge in [0.15, 0.2) is 0 Å². The molecule has 1 saturated heterocycles. The summed E-state index contributed by atoms with van der Waals surface area (Å²) in [5.74, 6) is -0.546. The number of carbonyl (C=O) groups excluding carboxylic acids is 1. The lowest BCUT2D eigenvalue weighted by atomic mass is 10.1. The maximum absolute atomic E-state index is 13.0. The molecule has 0 aromatic heterocycles. The fourth-order valence-electron chi connectivity index (χ4n) is 3.12. The van der Waals surface area contributed by atoms with Gasteiger partial charge >= 0.3 is 6.18 Å². The van der Waals surface area contributed by atoms with Crippen LogP contribution in [0, 0.1) is 0 Å². The van der Waals surface area contributed by atoms with E-state index in [2.05, 4.69) is 10.1 Å². The fraction of sp³-hybridized carbons (Fsp3) is 0.381. The van der Waals surface area contributed by atoms with Gasteiger partial charge in [0.25, 0.3) is 5.91 Å². The molecule has 0 bridgehead atoms. The number of alkyl halides is 3. The Morgan fingerprint density at radius 2 is 1.66 bits per heavy atom. The molecule has 174 valence electrons. The molecule has 2 aromatic carbocycles. The van der Waals surface area contributed by atoms with E-state index in [1.165, 1.54) is 16.4 Å². The van der Waals surface area contributed by atoms with Gasteiger partial charge in [-0.3, -0.25) is 4.79 Å². The minimum absolute atomic E-state index is 0.0381. The van der Waals surface area contributed by atoms with Gasteiger partial charge in [0.2, 0.25) is 10.0 Å². The highest BCUT2D eigenvalue weighted by atomic mass is 32.2. The van der Waals surface area contributed by atoms with E-state index < -0.39 is 28.7 Å². The molecule has 1 aliphatic rings. The number of halogens is 3. The van der Waals surface area contributed by atoms with Gasteiger partial charge in [-0.05, 0) is 23.3 Å². The minimum Gasteiger partial charge on any atom is -0.379 e. The van der Waals surface area contributed by atoms with Crippen LogP contribution < -0.4 is 5.32 Å². The van der Waals surface area contributed by atoms with Crippen LogP contribution in [0.2, 0.25) is 0 Å². The second-order valence-electron chi connectivity index (χ2n) is 7.12. The maximum atomic E-state index is 13.0. The lowest BCUT2D eigenvalue weighted by Gasteiger charge is -2.26. The highest BCUT2D eigenvalue weighted by molar-refractivity contribution is 7.89. The van der Waals surface area contributed by atoms with Gasteiger partial charge in [-0.1, -0.05) is 36.4 Å². The topological polar surface area (TPSA) is 84.9 Å². The molecule has 32 heavy (non-hydrogen) atoms. The molecule has 11 heteroatoms. The molecule has 0 radical (unpaired) electrons. The van der Waals surface area contributed by atoms with E-state index in [-0.39, 0.29) is 36.7 Å². The third-order valence-electron chi connectivity index (χ3n) is 4.73. The van der Waals surface area contributed by atoms with Crippen molar-refractivity contribution in [3.05, 3.63) is 65.2 Å². The fourth-order valence-corrected chi connectivity index (χ4v) is 4.72. The molecule has 2 aromatic rings. The number of sulfonamides is 1. The van der Waals surface area contributed by atoms with Crippen LogP contribution in [-0.4, -0.2) is 57.7 Å². The zero-order chi connectivity index (χ0) is 23.2. The molecule has 1 heterocycles. The highest BCUT2D eigenvalue weighted by Gasteiger charge is 2.30. The van der Waals surface area contributed by atoms with E-state index in [1.54, 1.807) is 36.4 Å². The van der Waals surface area contributed by atoms with E-state index in [1.807, 2.05) is 0 Å². The van der Waals surface area contributed by atoms with Crippen LogP contribution in [0.1, 0.15) is 21.5 Å². The number of nitrogens with zero attached hydrogens (tertiary/aromatic N) is 1. The first-order valence-electron chi connectivity index (χ1n) is 9.84. The normalized spacial score (nSPS) is 15.5. The number of ether oxygens (including phenoxy) is 2. The van der Waals surface area contributed by atoms with Crippen molar-refractivity contribution in [3.63, 3.8) is 0 Å². The smallest absolute Gasteiger partial charge is 0.379 e. The van der Waals surface area contributed by atoms with Gasteiger partial charge in [-0.25, -0.2) is 8.42 Å². The van der Waals surface area contributed by atoms with E-state index in [4.69, 9.17) is 4.74 Å². The molecule has 3 rings (SSSR count). The number of amides is 1. The number of hydrogen-bond acceptors (Lipinski definition) is 5. The zero-order valence-electron chi connectivity index (χ0n) is 17.1. The van der Waals surface area contributed by atoms with E-state index in [9.17, 15) is 26.4 Å². The summed E-state index contributed by atoms with van der Waals surface area (Å²) in [5.41, 5.74) is 1.30. The van der Waals surface area contributed by atoms with E-state index in [0.29, 0.717) is 24.3 Å². The Morgan fingerprint density at radius 1 is 1.03 bits per heavy atom. The van der Waals surface area contributed by atoms with Gasteiger partial charge in [-0.15, -0.1) is 0 Å². The predicted molar refractivity (Wildman–Crippen MR) is 109 cm³/mol. The average Bonchev–Trinajstić information content (AvgIpc) is 2.78. The van der Waals surface area contributed by atoms with E-state index >= 15 is 0 Å². The number of morpholine rings is 1. The summed E-state index contributed by atoms with van der Waals surface area (Å²) in [6.07, 6.45) is -4.38. The Balaban J connectivity index is 1.62. The Morgan fingerprint density at radius 3 is 2.31 bits per heavy atom. The Labute approximate surface area is 184 Å². The molecular formula is C21H23F3N2O5S. The van der Waals surface area contributed by atoms with Gasteiger partial charge in [0.05, 0.1) is 30.3 Å². The Bertz CT molecular complexity index is 1020. The number of benzene rings is 2. The SMILES string of the molecule is O=C(NCc1ccc(COCC(F)(F)F)cc1)c1ccccc1S(=O)(=O)N1CCOCC1. The second-order valence-corrected chi connectivity index (χ2v) is 9.03. The third kappa shape index (κ3) is 6.52. The summed E-state index contributed by atoms with van der Waals surface area (Å²) in [5, 5.41) is 2.69. The predicted octanol–water partition coefficient (Wildman–Crippen LogP) is 2.72. The van der Waals surface area contributed by atoms with Crippen molar-refractivity contribution < 1.29 is 35.9 Å². The van der Waals surface area contributed by atoms with Crippen molar-refractivity contribution in [2.45, 2.75) is 24.2 Å². The quantitative estimate of drug-likeness (QED) is 0.639. The number of rotatable bonds is 8.